The van der Waals surface area contributed by atoms with Gasteiger partial charge in [-0.2, -0.15) is 0 Å². The molecule has 1 N–H and O–H groups in total. The van der Waals surface area contributed by atoms with Gasteiger partial charge < -0.3 is 19.5 Å². The molecule has 1 heterocycles. The van der Waals surface area contributed by atoms with Gasteiger partial charge >= 0.3 is 0 Å². The monoisotopic (exact) mass is 376 g/mol. The highest BCUT2D eigenvalue weighted by molar-refractivity contribution is 5.62. The minimum Gasteiger partial charge on any atom is -0.481 e. The van der Waals surface area contributed by atoms with Crippen LogP contribution in [0.2, 0.25) is 0 Å². The van der Waals surface area contributed by atoms with Gasteiger partial charge in [-0.25, -0.2) is 0 Å². The largest absolute Gasteiger partial charge is 0.481 e. The SMILES string of the molecule is CC.CC(=O)O.CCCCCOCCOCCN1CCN(CCC)CC1. The van der Waals surface area contributed by atoms with Crippen molar-refractivity contribution in [2.45, 2.75) is 60.3 Å². The zero-order valence-corrected chi connectivity index (χ0v) is 18.0. The zero-order valence-electron chi connectivity index (χ0n) is 18.0. The molecule has 26 heavy (non-hydrogen) atoms. The van der Waals surface area contributed by atoms with Gasteiger partial charge in [-0.05, 0) is 19.4 Å². The van der Waals surface area contributed by atoms with Crippen LogP contribution in [0.15, 0.2) is 0 Å². The Kier molecular flexibility index (Phi) is 23.7. The first-order chi connectivity index (χ1) is 12.6. The van der Waals surface area contributed by atoms with Crippen molar-refractivity contribution in [3.8, 4) is 0 Å². The van der Waals surface area contributed by atoms with Gasteiger partial charge in [0.25, 0.3) is 5.97 Å². The molecule has 0 unspecified atom stereocenters. The van der Waals surface area contributed by atoms with E-state index in [-0.39, 0.29) is 0 Å². The number of aliphatic carboxylic acids is 1. The number of rotatable bonds is 12. The van der Waals surface area contributed by atoms with Crippen LogP contribution in [0.5, 0.6) is 0 Å². The number of carbonyl (C=O) groups is 1. The Morgan fingerprint density at radius 2 is 1.27 bits per heavy atom. The summed E-state index contributed by atoms with van der Waals surface area (Å²) in [4.78, 5) is 14.1. The Bertz CT molecular complexity index is 279. The van der Waals surface area contributed by atoms with Gasteiger partial charge in [0.15, 0.2) is 0 Å². The van der Waals surface area contributed by atoms with Gasteiger partial charge in [0.1, 0.15) is 0 Å². The lowest BCUT2D eigenvalue weighted by atomic mass is 10.3. The number of piperazine rings is 1. The van der Waals surface area contributed by atoms with Crippen molar-refractivity contribution in [2.75, 3.05) is 65.7 Å². The summed E-state index contributed by atoms with van der Waals surface area (Å²) in [5, 5.41) is 7.42. The molecule has 0 aliphatic carbocycles. The Balaban J connectivity index is 0. The summed E-state index contributed by atoms with van der Waals surface area (Å²) in [6, 6.07) is 0. The van der Waals surface area contributed by atoms with Gasteiger partial charge in [0, 0.05) is 46.3 Å². The van der Waals surface area contributed by atoms with Crippen LogP contribution >= 0.6 is 0 Å². The Labute approximate surface area is 161 Å². The molecule has 158 valence electrons. The fraction of sp³-hybridized carbons (Fsp3) is 0.950. The highest BCUT2D eigenvalue weighted by Crippen LogP contribution is 2.02. The molecule has 1 fully saturated rings. The third-order valence-corrected chi connectivity index (χ3v) is 3.82. The normalized spacial score (nSPS) is 14.8. The van der Waals surface area contributed by atoms with Crippen LogP contribution in [0.25, 0.3) is 0 Å². The van der Waals surface area contributed by atoms with E-state index >= 15 is 0 Å². The maximum atomic E-state index is 9.00. The lowest BCUT2D eigenvalue weighted by Gasteiger charge is -2.34. The lowest BCUT2D eigenvalue weighted by Crippen LogP contribution is -2.47. The number of ether oxygens (including phenoxy) is 2. The summed E-state index contributed by atoms with van der Waals surface area (Å²) in [6.45, 7) is 19.9. The van der Waals surface area contributed by atoms with E-state index in [1.807, 2.05) is 13.8 Å². The zero-order chi connectivity index (χ0) is 20.0. The smallest absolute Gasteiger partial charge is 0.300 e. The molecule has 0 bridgehead atoms. The van der Waals surface area contributed by atoms with Gasteiger partial charge in [0.05, 0.1) is 19.8 Å². The van der Waals surface area contributed by atoms with Gasteiger partial charge in [-0.15, -0.1) is 0 Å². The molecule has 1 rings (SSSR count). The van der Waals surface area contributed by atoms with E-state index in [0.717, 1.165) is 39.9 Å². The fourth-order valence-electron chi connectivity index (χ4n) is 2.52. The van der Waals surface area contributed by atoms with Crippen molar-refractivity contribution in [1.29, 1.82) is 0 Å². The van der Waals surface area contributed by atoms with Gasteiger partial charge in [-0.1, -0.05) is 40.5 Å². The summed E-state index contributed by atoms with van der Waals surface area (Å²) in [6.07, 6.45) is 4.97. The molecular weight excluding hydrogens is 332 g/mol. The van der Waals surface area contributed by atoms with Crippen LogP contribution < -0.4 is 0 Å². The van der Waals surface area contributed by atoms with Crippen LogP contribution in [0, 0.1) is 0 Å². The molecule has 0 aromatic heterocycles. The predicted octanol–water partition coefficient (Wildman–Crippen LogP) is 3.35. The number of hydrogen-bond donors (Lipinski definition) is 1. The van der Waals surface area contributed by atoms with Crippen molar-refractivity contribution in [1.82, 2.24) is 9.80 Å². The molecule has 0 saturated carbocycles. The second-order valence-electron chi connectivity index (χ2n) is 6.13. The summed E-state index contributed by atoms with van der Waals surface area (Å²) < 4.78 is 11.2. The summed E-state index contributed by atoms with van der Waals surface area (Å²) in [5.41, 5.74) is 0. The molecule has 0 aromatic rings. The molecule has 6 nitrogen and oxygen atoms in total. The summed E-state index contributed by atoms with van der Waals surface area (Å²) in [7, 11) is 0. The van der Waals surface area contributed by atoms with E-state index in [1.165, 1.54) is 58.4 Å². The third-order valence-electron chi connectivity index (χ3n) is 3.82. The second kappa shape index (κ2) is 22.4. The maximum Gasteiger partial charge on any atom is 0.300 e. The number of hydrogen-bond acceptors (Lipinski definition) is 5. The van der Waals surface area contributed by atoms with E-state index < -0.39 is 5.97 Å². The van der Waals surface area contributed by atoms with E-state index in [9.17, 15) is 0 Å². The van der Waals surface area contributed by atoms with Crippen molar-refractivity contribution in [3.63, 3.8) is 0 Å². The number of unbranched alkanes of at least 4 members (excludes halogenated alkanes) is 2. The average molecular weight is 377 g/mol. The number of carboxylic acids is 1. The Morgan fingerprint density at radius 3 is 1.73 bits per heavy atom. The standard InChI is InChI=1S/C16H34N2O2.C2H4O2.C2H6/c1-3-5-6-13-19-15-16-20-14-12-18-10-8-17(7-4-2)9-11-18;1-2(3)4;1-2/h3-16H2,1-2H3;1H3,(H,3,4);1-2H3. The van der Waals surface area contributed by atoms with E-state index in [0.29, 0.717) is 0 Å². The highest BCUT2D eigenvalue weighted by Gasteiger charge is 2.15. The Morgan fingerprint density at radius 1 is 0.808 bits per heavy atom. The maximum absolute atomic E-state index is 9.00. The summed E-state index contributed by atoms with van der Waals surface area (Å²) in [5.74, 6) is -0.833. The number of nitrogens with zero attached hydrogens (tertiary/aromatic N) is 2. The van der Waals surface area contributed by atoms with Crippen molar-refractivity contribution in [3.05, 3.63) is 0 Å². The van der Waals surface area contributed by atoms with Gasteiger partial charge in [-0.3, -0.25) is 9.69 Å². The van der Waals surface area contributed by atoms with Crippen molar-refractivity contribution >= 4 is 5.97 Å². The van der Waals surface area contributed by atoms with Crippen LogP contribution in [0.3, 0.4) is 0 Å². The molecule has 0 spiro atoms. The molecule has 1 aliphatic rings. The minimum absolute atomic E-state index is 0.738. The average Bonchev–Trinajstić information content (AvgIpc) is 2.63. The van der Waals surface area contributed by atoms with Crippen LogP contribution in [-0.2, 0) is 14.3 Å². The Hall–Kier alpha value is -0.690. The number of carboxylic acid groups (broad SMARTS) is 1. The second-order valence-corrected chi connectivity index (χ2v) is 6.13. The molecule has 0 radical (unpaired) electrons. The van der Waals surface area contributed by atoms with Gasteiger partial charge in [0.2, 0.25) is 0 Å². The molecule has 1 saturated heterocycles. The molecule has 1 aliphatic heterocycles. The first kappa shape index (κ1) is 27.5. The fourth-order valence-corrected chi connectivity index (χ4v) is 2.52. The third kappa shape index (κ3) is 21.4. The quantitative estimate of drug-likeness (QED) is 0.527. The lowest BCUT2D eigenvalue weighted by molar-refractivity contribution is -0.134. The molecule has 6 heteroatoms. The van der Waals surface area contributed by atoms with Crippen LogP contribution in [-0.4, -0.2) is 86.6 Å². The van der Waals surface area contributed by atoms with Crippen LogP contribution in [0.1, 0.15) is 60.3 Å². The minimum atomic E-state index is -0.833. The van der Waals surface area contributed by atoms with E-state index in [2.05, 4.69) is 23.6 Å². The topological polar surface area (TPSA) is 62.2 Å². The highest BCUT2D eigenvalue weighted by atomic mass is 16.5. The van der Waals surface area contributed by atoms with E-state index in [4.69, 9.17) is 19.4 Å². The van der Waals surface area contributed by atoms with E-state index in [1.54, 1.807) is 0 Å². The van der Waals surface area contributed by atoms with Crippen molar-refractivity contribution in [2.24, 2.45) is 0 Å². The molecule has 0 aromatic carbocycles. The first-order valence-electron chi connectivity index (χ1n) is 10.4. The molecule has 0 amide bonds. The van der Waals surface area contributed by atoms with Crippen molar-refractivity contribution < 1.29 is 19.4 Å². The molecular formula is C20H44N2O4. The predicted molar refractivity (Wildman–Crippen MR) is 109 cm³/mol. The summed E-state index contributed by atoms with van der Waals surface area (Å²) >= 11 is 0. The molecule has 0 atom stereocenters. The van der Waals surface area contributed by atoms with Crippen LogP contribution in [0.4, 0.5) is 0 Å². The first-order valence-corrected chi connectivity index (χ1v) is 10.4.